The number of halogens is 1. The van der Waals surface area contributed by atoms with E-state index >= 15 is 0 Å². The number of anilines is 1. The SMILES string of the molecule is CN=C(NCc1cc(OC)c(OC)c(OC)c1)NC1CCN(c2ncccc2F)C1. The molecule has 1 atom stereocenters. The average Bonchev–Trinajstić information content (AvgIpc) is 3.24. The Labute approximate surface area is 176 Å². The predicted octanol–water partition coefficient (Wildman–Crippen LogP) is 2.19. The maximum absolute atomic E-state index is 14.0. The summed E-state index contributed by atoms with van der Waals surface area (Å²) in [7, 11) is 6.47. The van der Waals surface area contributed by atoms with Gasteiger partial charge < -0.3 is 29.7 Å². The van der Waals surface area contributed by atoms with Crippen molar-refractivity contribution in [2.75, 3.05) is 46.4 Å². The zero-order valence-corrected chi connectivity index (χ0v) is 17.7. The van der Waals surface area contributed by atoms with Crippen LogP contribution in [0, 0.1) is 5.82 Å². The van der Waals surface area contributed by atoms with Crippen molar-refractivity contribution in [1.82, 2.24) is 15.6 Å². The van der Waals surface area contributed by atoms with Crippen molar-refractivity contribution in [1.29, 1.82) is 0 Å². The predicted molar refractivity (Wildman–Crippen MR) is 114 cm³/mol. The van der Waals surface area contributed by atoms with Crippen molar-refractivity contribution in [3.63, 3.8) is 0 Å². The second kappa shape index (κ2) is 10.00. The minimum Gasteiger partial charge on any atom is -0.493 e. The Morgan fingerprint density at radius 2 is 1.97 bits per heavy atom. The molecule has 0 spiro atoms. The highest BCUT2D eigenvalue weighted by Crippen LogP contribution is 2.38. The van der Waals surface area contributed by atoms with Crippen LogP contribution >= 0.6 is 0 Å². The van der Waals surface area contributed by atoms with E-state index in [9.17, 15) is 4.39 Å². The highest BCUT2D eigenvalue weighted by atomic mass is 19.1. The second-order valence-corrected chi connectivity index (χ2v) is 6.84. The van der Waals surface area contributed by atoms with Gasteiger partial charge in [-0.05, 0) is 36.2 Å². The number of hydrogen-bond donors (Lipinski definition) is 2. The van der Waals surface area contributed by atoms with Crippen LogP contribution in [0.3, 0.4) is 0 Å². The quantitative estimate of drug-likeness (QED) is 0.528. The Kier molecular flexibility index (Phi) is 7.16. The maximum atomic E-state index is 14.0. The third-order valence-electron chi connectivity index (χ3n) is 4.98. The fourth-order valence-electron chi connectivity index (χ4n) is 3.49. The van der Waals surface area contributed by atoms with Gasteiger partial charge in [-0.15, -0.1) is 0 Å². The maximum Gasteiger partial charge on any atom is 0.203 e. The fraction of sp³-hybridized carbons (Fsp3) is 0.429. The van der Waals surface area contributed by atoms with Crippen LogP contribution in [-0.4, -0.2) is 58.5 Å². The molecule has 1 saturated heterocycles. The molecule has 8 nitrogen and oxygen atoms in total. The first-order valence-electron chi connectivity index (χ1n) is 9.71. The molecule has 2 aromatic rings. The molecule has 0 saturated carbocycles. The van der Waals surface area contributed by atoms with Gasteiger partial charge in [0, 0.05) is 38.9 Å². The summed E-state index contributed by atoms with van der Waals surface area (Å²) in [6, 6.07) is 6.95. The number of aromatic nitrogens is 1. The van der Waals surface area contributed by atoms with Crippen molar-refractivity contribution < 1.29 is 18.6 Å². The summed E-state index contributed by atoms with van der Waals surface area (Å²) in [5.74, 6) is 2.50. The molecular weight excluding hydrogens is 389 g/mol. The van der Waals surface area contributed by atoms with Crippen LogP contribution in [0.5, 0.6) is 17.2 Å². The number of hydrogen-bond acceptors (Lipinski definition) is 6. The zero-order chi connectivity index (χ0) is 21.5. The van der Waals surface area contributed by atoms with Gasteiger partial charge in [0.1, 0.15) is 0 Å². The van der Waals surface area contributed by atoms with Crippen LogP contribution in [0.1, 0.15) is 12.0 Å². The van der Waals surface area contributed by atoms with E-state index < -0.39 is 0 Å². The summed E-state index contributed by atoms with van der Waals surface area (Å²) < 4.78 is 30.2. The summed E-state index contributed by atoms with van der Waals surface area (Å²) in [5.41, 5.74) is 0.955. The first kappa shape index (κ1) is 21.5. The Morgan fingerprint density at radius 1 is 1.23 bits per heavy atom. The molecule has 30 heavy (non-hydrogen) atoms. The van der Waals surface area contributed by atoms with Crippen molar-refractivity contribution in [2.24, 2.45) is 4.99 Å². The van der Waals surface area contributed by atoms with Gasteiger partial charge in [0.15, 0.2) is 29.1 Å². The van der Waals surface area contributed by atoms with Crippen LogP contribution in [0.25, 0.3) is 0 Å². The fourth-order valence-corrected chi connectivity index (χ4v) is 3.49. The zero-order valence-electron chi connectivity index (χ0n) is 17.7. The minimum absolute atomic E-state index is 0.137. The first-order valence-corrected chi connectivity index (χ1v) is 9.71. The molecule has 1 aliphatic rings. The first-order chi connectivity index (χ1) is 14.6. The number of nitrogens with zero attached hydrogens (tertiary/aromatic N) is 3. The second-order valence-electron chi connectivity index (χ2n) is 6.84. The number of aliphatic imine (C=N–C) groups is 1. The van der Waals surface area contributed by atoms with Gasteiger partial charge in [0.25, 0.3) is 0 Å². The van der Waals surface area contributed by atoms with E-state index in [2.05, 4.69) is 20.6 Å². The van der Waals surface area contributed by atoms with Gasteiger partial charge in [-0.3, -0.25) is 4.99 Å². The van der Waals surface area contributed by atoms with Crippen molar-refractivity contribution in [3.05, 3.63) is 41.8 Å². The van der Waals surface area contributed by atoms with Gasteiger partial charge in [-0.25, -0.2) is 9.37 Å². The Morgan fingerprint density at radius 3 is 2.57 bits per heavy atom. The molecule has 1 fully saturated rings. The molecule has 0 bridgehead atoms. The van der Waals surface area contributed by atoms with Crippen molar-refractivity contribution in [2.45, 2.75) is 19.0 Å². The molecule has 162 valence electrons. The summed E-state index contributed by atoms with van der Waals surface area (Å²) in [4.78, 5) is 10.4. The Balaban J connectivity index is 1.60. The van der Waals surface area contributed by atoms with Crippen LogP contribution in [0.4, 0.5) is 10.2 Å². The third kappa shape index (κ3) is 4.84. The molecular formula is C21H28FN5O3. The number of pyridine rings is 1. The average molecular weight is 417 g/mol. The summed E-state index contributed by atoms with van der Waals surface area (Å²) in [6.07, 6.45) is 2.47. The summed E-state index contributed by atoms with van der Waals surface area (Å²) in [6.45, 7) is 1.90. The number of benzene rings is 1. The molecule has 2 heterocycles. The lowest BCUT2D eigenvalue weighted by Gasteiger charge is -2.20. The monoisotopic (exact) mass is 417 g/mol. The van der Waals surface area contributed by atoms with Gasteiger partial charge >= 0.3 is 0 Å². The van der Waals surface area contributed by atoms with Crippen LogP contribution in [0.2, 0.25) is 0 Å². The molecule has 2 N–H and O–H groups in total. The molecule has 3 rings (SSSR count). The van der Waals surface area contributed by atoms with Gasteiger partial charge in [-0.2, -0.15) is 0 Å². The van der Waals surface area contributed by atoms with E-state index in [1.165, 1.54) is 6.07 Å². The van der Waals surface area contributed by atoms with E-state index in [0.717, 1.165) is 18.5 Å². The molecule has 0 radical (unpaired) electrons. The number of ether oxygens (including phenoxy) is 3. The van der Waals surface area contributed by atoms with E-state index in [-0.39, 0.29) is 11.9 Å². The number of nitrogens with one attached hydrogen (secondary N) is 2. The van der Waals surface area contributed by atoms with Crippen molar-refractivity contribution >= 4 is 11.8 Å². The molecule has 0 amide bonds. The molecule has 0 aliphatic carbocycles. The largest absolute Gasteiger partial charge is 0.493 e. The number of methoxy groups -OCH3 is 3. The smallest absolute Gasteiger partial charge is 0.203 e. The highest BCUT2D eigenvalue weighted by Gasteiger charge is 2.26. The lowest BCUT2D eigenvalue weighted by molar-refractivity contribution is 0.323. The van der Waals surface area contributed by atoms with E-state index in [0.29, 0.717) is 42.1 Å². The molecule has 1 aliphatic heterocycles. The Bertz CT molecular complexity index is 868. The number of rotatable bonds is 7. The minimum atomic E-state index is -0.303. The van der Waals surface area contributed by atoms with E-state index in [1.807, 2.05) is 17.0 Å². The summed E-state index contributed by atoms with van der Waals surface area (Å²) in [5, 5.41) is 6.69. The Hall–Kier alpha value is -3.23. The third-order valence-corrected chi connectivity index (χ3v) is 4.98. The van der Waals surface area contributed by atoms with E-state index in [1.54, 1.807) is 40.6 Å². The van der Waals surface area contributed by atoms with Gasteiger partial charge in [0.05, 0.1) is 21.3 Å². The van der Waals surface area contributed by atoms with E-state index in [4.69, 9.17) is 14.2 Å². The lowest BCUT2D eigenvalue weighted by Crippen LogP contribution is -2.44. The topological polar surface area (TPSA) is 80.2 Å². The summed E-state index contributed by atoms with van der Waals surface area (Å²) >= 11 is 0. The van der Waals surface area contributed by atoms with Gasteiger partial charge in [0.2, 0.25) is 5.75 Å². The van der Waals surface area contributed by atoms with Crippen LogP contribution in [0.15, 0.2) is 35.5 Å². The lowest BCUT2D eigenvalue weighted by atomic mass is 10.2. The normalized spacial score (nSPS) is 16.4. The molecule has 1 aromatic carbocycles. The molecule has 1 unspecified atom stereocenters. The number of guanidine groups is 1. The molecule has 9 heteroatoms. The van der Waals surface area contributed by atoms with Crippen LogP contribution in [-0.2, 0) is 6.54 Å². The standard InChI is InChI=1S/C21H28FN5O3/c1-23-21(25-12-14-10-17(28-2)19(30-4)18(11-14)29-3)26-15-7-9-27(13-15)20-16(22)6-5-8-24-20/h5-6,8,10-11,15H,7,9,12-13H2,1-4H3,(H2,23,25,26). The highest BCUT2D eigenvalue weighted by molar-refractivity contribution is 5.80. The van der Waals surface area contributed by atoms with Crippen LogP contribution < -0.4 is 29.7 Å². The van der Waals surface area contributed by atoms with Gasteiger partial charge in [-0.1, -0.05) is 0 Å². The van der Waals surface area contributed by atoms with Crippen molar-refractivity contribution in [3.8, 4) is 17.2 Å². The molecule has 1 aromatic heterocycles.